The summed E-state index contributed by atoms with van der Waals surface area (Å²) in [5.74, 6) is -1.31. The summed E-state index contributed by atoms with van der Waals surface area (Å²) >= 11 is 5.59. The molecule has 2 N–H and O–H groups in total. The lowest BCUT2D eigenvalue weighted by Crippen LogP contribution is -2.44. The maximum Gasteiger partial charge on any atom is 0.302 e. The van der Waals surface area contributed by atoms with Crippen molar-refractivity contribution in [2.75, 3.05) is 11.3 Å². The van der Waals surface area contributed by atoms with E-state index in [9.17, 15) is 17.9 Å². The van der Waals surface area contributed by atoms with Crippen LogP contribution in [0.3, 0.4) is 0 Å². The Kier molecular flexibility index (Phi) is 4.41. The molecule has 1 fully saturated rings. The van der Waals surface area contributed by atoms with Gasteiger partial charge in [0.2, 0.25) is 0 Å². The summed E-state index contributed by atoms with van der Waals surface area (Å²) in [5, 5.41) is 9.34. The van der Waals surface area contributed by atoms with Crippen molar-refractivity contribution in [1.82, 2.24) is 4.31 Å². The van der Waals surface area contributed by atoms with E-state index in [1.807, 2.05) is 6.92 Å². The Morgan fingerprint density at radius 2 is 2.15 bits per heavy atom. The predicted molar refractivity (Wildman–Crippen MR) is 75.6 cm³/mol. The highest BCUT2D eigenvalue weighted by molar-refractivity contribution is 7.90. The van der Waals surface area contributed by atoms with Crippen molar-refractivity contribution in [2.24, 2.45) is 0 Å². The molecule has 1 saturated heterocycles. The smallest absolute Gasteiger partial charge is 0.302 e. The van der Waals surface area contributed by atoms with Crippen LogP contribution in [0.1, 0.15) is 26.2 Å². The number of phenols is 1. The van der Waals surface area contributed by atoms with Crippen LogP contribution in [-0.2, 0) is 10.2 Å². The minimum Gasteiger partial charge on any atom is -0.506 e. The average molecular weight is 323 g/mol. The van der Waals surface area contributed by atoms with Crippen LogP contribution in [0.25, 0.3) is 0 Å². The monoisotopic (exact) mass is 322 g/mol. The molecule has 112 valence electrons. The van der Waals surface area contributed by atoms with E-state index in [2.05, 4.69) is 4.72 Å². The van der Waals surface area contributed by atoms with Crippen LogP contribution in [0.4, 0.5) is 10.1 Å². The number of phenolic OH excluding ortho intramolecular Hbond substituents is 1. The van der Waals surface area contributed by atoms with Gasteiger partial charge in [-0.25, -0.2) is 4.39 Å². The van der Waals surface area contributed by atoms with E-state index in [1.54, 1.807) is 0 Å². The van der Waals surface area contributed by atoms with E-state index < -0.39 is 21.8 Å². The van der Waals surface area contributed by atoms with Crippen molar-refractivity contribution in [3.05, 3.63) is 23.0 Å². The molecule has 0 aromatic heterocycles. The third kappa shape index (κ3) is 3.16. The van der Waals surface area contributed by atoms with Crippen molar-refractivity contribution >= 4 is 27.5 Å². The van der Waals surface area contributed by atoms with E-state index in [-0.39, 0.29) is 16.8 Å². The molecule has 0 spiro atoms. The second kappa shape index (κ2) is 5.75. The molecule has 8 heteroatoms. The van der Waals surface area contributed by atoms with Gasteiger partial charge < -0.3 is 5.11 Å². The summed E-state index contributed by atoms with van der Waals surface area (Å²) in [7, 11) is -3.80. The number of nitrogens with one attached hydrogen (secondary N) is 1. The number of aromatic hydroxyl groups is 1. The van der Waals surface area contributed by atoms with Gasteiger partial charge in [0.1, 0.15) is 11.6 Å². The van der Waals surface area contributed by atoms with Gasteiger partial charge in [0.25, 0.3) is 0 Å². The Hall–Kier alpha value is -1.05. The first-order valence-corrected chi connectivity index (χ1v) is 8.10. The van der Waals surface area contributed by atoms with E-state index in [1.165, 1.54) is 4.31 Å². The lowest BCUT2D eigenvalue weighted by atomic mass is 10.1. The predicted octanol–water partition coefficient (Wildman–Crippen LogP) is 2.72. The topological polar surface area (TPSA) is 69.6 Å². The molecule has 1 atom stereocenters. The number of halogens is 2. The van der Waals surface area contributed by atoms with Gasteiger partial charge in [-0.05, 0) is 25.8 Å². The number of piperidine rings is 1. The van der Waals surface area contributed by atoms with E-state index >= 15 is 0 Å². The largest absolute Gasteiger partial charge is 0.506 e. The molecule has 1 aromatic carbocycles. The lowest BCUT2D eigenvalue weighted by molar-refractivity contribution is 0.270. The van der Waals surface area contributed by atoms with E-state index in [4.69, 9.17) is 11.6 Å². The first-order valence-electron chi connectivity index (χ1n) is 6.29. The van der Waals surface area contributed by atoms with Crippen LogP contribution < -0.4 is 4.72 Å². The zero-order valence-corrected chi connectivity index (χ0v) is 12.5. The molecule has 5 nitrogen and oxygen atoms in total. The van der Waals surface area contributed by atoms with Crippen LogP contribution in [0.2, 0.25) is 5.02 Å². The van der Waals surface area contributed by atoms with Crippen molar-refractivity contribution in [3.8, 4) is 5.75 Å². The Morgan fingerprint density at radius 3 is 2.80 bits per heavy atom. The summed E-state index contributed by atoms with van der Waals surface area (Å²) in [6, 6.07) is 1.72. The number of hydrogen-bond acceptors (Lipinski definition) is 3. The van der Waals surface area contributed by atoms with Gasteiger partial charge in [-0.3, -0.25) is 4.72 Å². The second-order valence-corrected chi connectivity index (χ2v) is 6.88. The number of rotatable bonds is 3. The van der Waals surface area contributed by atoms with E-state index in [0.29, 0.717) is 6.54 Å². The Bertz CT molecular complexity index is 609. The van der Waals surface area contributed by atoms with Crippen LogP contribution in [-0.4, -0.2) is 30.4 Å². The van der Waals surface area contributed by atoms with Crippen molar-refractivity contribution in [1.29, 1.82) is 0 Å². The van der Waals surface area contributed by atoms with Crippen LogP contribution in [0, 0.1) is 5.82 Å². The maximum absolute atomic E-state index is 13.1. The molecule has 20 heavy (non-hydrogen) atoms. The third-order valence-corrected chi connectivity index (χ3v) is 5.26. The minimum atomic E-state index is -3.80. The maximum atomic E-state index is 13.1. The molecule has 0 amide bonds. The molecule has 0 bridgehead atoms. The zero-order valence-electron chi connectivity index (χ0n) is 10.9. The minimum absolute atomic E-state index is 0.112. The fraction of sp³-hybridized carbons (Fsp3) is 0.500. The van der Waals surface area contributed by atoms with Gasteiger partial charge in [-0.15, -0.1) is 0 Å². The standard InChI is InChI=1S/C12H16ClFN2O3S/c1-8-4-2-3-5-16(8)20(18,19)15-11-6-9(13)10(14)7-12(11)17/h6-8,15,17H,2-5H2,1H3. The summed E-state index contributed by atoms with van der Waals surface area (Å²) in [6.07, 6.45) is 2.57. The second-order valence-electron chi connectivity index (χ2n) is 4.85. The molecule has 1 heterocycles. The number of hydrogen-bond donors (Lipinski definition) is 2. The summed E-state index contributed by atoms with van der Waals surface area (Å²) in [4.78, 5) is 0. The summed E-state index contributed by atoms with van der Waals surface area (Å²) < 4.78 is 41.3. The Morgan fingerprint density at radius 1 is 1.45 bits per heavy atom. The molecular formula is C12H16ClFN2O3S. The molecular weight excluding hydrogens is 307 g/mol. The van der Waals surface area contributed by atoms with E-state index in [0.717, 1.165) is 31.4 Å². The van der Waals surface area contributed by atoms with Gasteiger partial charge in [-0.1, -0.05) is 18.0 Å². The number of anilines is 1. The van der Waals surface area contributed by atoms with Gasteiger partial charge in [0.05, 0.1) is 10.7 Å². The fourth-order valence-electron chi connectivity index (χ4n) is 2.24. The third-order valence-electron chi connectivity index (χ3n) is 3.33. The SMILES string of the molecule is CC1CCCCN1S(=O)(=O)Nc1cc(Cl)c(F)cc1O. The van der Waals surface area contributed by atoms with Gasteiger partial charge in [0, 0.05) is 18.7 Å². The fourth-order valence-corrected chi connectivity index (χ4v) is 3.92. The summed E-state index contributed by atoms with van der Waals surface area (Å²) in [6.45, 7) is 2.25. The molecule has 1 aliphatic heterocycles. The molecule has 1 aromatic rings. The zero-order chi connectivity index (χ0) is 14.9. The molecule has 2 rings (SSSR count). The van der Waals surface area contributed by atoms with Gasteiger partial charge in [-0.2, -0.15) is 12.7 Å². The van der Waals surface area contributed by atoms with Crippen LogP contribution in [0.15, 0.2) is 12.1 Å². The Labute approximate surface area is 122 Å². The summed E-state index contributed by atoms with van der Waals surface area (Å²) in [5.41, 5.74) is -0.130. The highest BCUT2D eigenvalue weighted by atomic mass is 35.5. The first-order chi connectivity index (χ1) is 9.31. The van der Waals surface area contributed by atoms with Crippen molar-refractivity contribution in [3.63, 3.8) is 0 Å². The first kappa shape index (κ1) is 15.3. The number of nitrogens with zero attached hydrogens (tertiary/aromatic N) is 1. The Balaban J connectivity index is 2.26. The average Bonchev–Trinajstić information content (AvgIpc) is 2.36. The highest BCUT2D eigenvalue weighted by Gasteiger charge is 2.30. The van der Waals surface area contributed by atoms with Crippen molar-refractivity contribution < 1.29 is 17.9 Å². The lowest BCUT2D eigenvalue weighted by Gasteiger charge is -2.32. The molecule has 0 aliphatic carbocycles. The van der Waals surface area contributed by atoms with Gasteiger partial charge in [0.15, 0.2) is 0 Å². The molecule has 1 aliphatic rings. The van der Waals surface area contributed by atoms with Gasteiger partial charge >= 0.3 is 10.2 Å². The quantitative estimate of drug-likeness (QED) is 0.841. The molecule has 0 radical (unpaired) electrons. The van der Waals surface area contributed by atoms with Crippen LogP contribution in [0.5, 0.6) is 5.75 Å². The van der Waals surface area contributed by atoms with Crippen molar-refractivity contribution in [2.45, 2.75) is 32.2 Å². The molecule has 0 saturated carbocycles. The normalized spacial score (nSPS) is 20.9. The number of benzene rings is 1. The highest BCUT2D eigenvalue weighted by Crippen LogP contribution is 2.31. The molecule has 1 unspecified atom stereocenters. The van der Waals surface area contributed by atoms with Crippen LogP contribution >= 0.6 is 11.6 Å².